The molecule has 8 nitrogen and oxygen atoms in total. The minimum atomic E-state index is -1.39. The molecule has 156 valence electrons. The molecule has 0 spiro atoms. The van der Waals surface area contributed by atoms with E-state index in [1.165, 1.54) is 38.2 Å². The summed E-state index contributed by atoms with van der Waals surface area (Å²) >= 11 is 0. The molecule has 1 aliphatic rings. The Hall–Kier alpha value is -3.75. The summed E-state index contributed by atoms with van der Waals surface area (Å²) in [4.78, 5) is 50.2. The summed E-state index contributed by atoms with van der Waals surface area (Å²) in [5.41, 5.74) is 0.567. The van der Waals surface area contributed by atoms with Gasteiger partial charge < -0.3 is 16.0 Å². The standard InChI is InChI=1S/C21H21FN4O4/c1-12-10-13(18(28)23-3)4-9-16(12)24-17(27)11-26-19(29)21(2,25-20(26)30)14-5-7-15(22)8-6-14/h4-10H,11H2,1-3H3,(H,23,28)(H,24,27)(H,25,30). The van der Waals surface area contributed by atoms with Gasteiger partial charge in [0.2, 0.25) is 5.91 Å². The van der Waals surface area contributed by atoms with Gasteiger partial charge in [0.1, 0.15) is 17.9 Å². The molecule has 30 heavy (non-hydrogen) atoms. The van der Waals surface area contributed by atoms with Crippen molar-refractivity contribution in [2.45, 2.75) is 19.4 Å². The molecule has 1 aliphatic heterocycles. The van der Waals surface area contributed by atoms with Crippen molar-refractivity contribution in [1.82, 2.24) is 15.5 Å². The molecule has 9 heteroatoms. The number of benzene rings is 2. The number of anilines is 1. The number of halogens is 1. The maximum absolute atomic E-state index is 13.2. The Morgan fingerprint density at radius 1 is 1.13 bits per heavy atom. The molecular formula is C21H21FN4O4. The quantitative estimate of drug-likeness (QED) is 0.652. The number of hydrogen-bond donors (Lipinski definition) is 3. The molecule has 1 atom stereocenters. The first-order valence-electron chi connectivity index (χ1n) is 9.18. The van der Waals surface area contributed by atoms with E-state index in [0.29, 0.717) is 22.4 Å². The number of carbonyl (C=O) groups excluding carboxylic acids is 4. The Kier molecular flexibility index (Phi) is 5.55. The molecule has 3 N–H and O–H groups in total. The van der Waals surface area contributed by atoms with Crippen molar-refractivity contribution in [3.05, 3.63) is 65.0 Å². The first-order valence-corrected chi connectivity index (χ1v) is 9.18. The Labute approximate surface area is 172 Å². The van der Waals surface area contributed by atoms with Crippen LogP contribution in [-0.4, -0.2) is 42.2 Å². The van der Waals surface area contributed by atoms with Gasteiger partial charge in [-0.2, -0.15) is 0 Å². The van der Waals surface area contributed by atoms with E-state index < -0.39 is 35.7 Å². The van der Waals surface area contributed by atoms with Crippen LogP contribution < -0.4 is 16.0 Å². The Morgan fingerprint density at radius 2 is 1.80 bits per heavy atom. The lowest BCUT2D eigenvalue weighted by atomic mass is 9.92. The van der Waals surface area contributed by atoms with Crippen molar-refractivity contribution in [2.75, 3.05) is 18.9 Å². The van der Waals surface area contributed by atoms with E-state index in [0.717, 1.165) is 4.90 Å². The minimum absolute atomic E-state index is 0.254. The van der Waals surface area contributed by atoms with E-state index in [2.05, 4.69) is 16.0 Å². The minimum Gasteiger partial charge on any atom is -0.355 e. The van der Waals surface area contributed by atoms with Crippen molar-refractivity contribution < 1.29 is 23.6 Å². The molecular weight excluding hydrogens is 391 g/mol. The molecule has 1 saturated heterocycles. The molecule has 0 aliphatic carbocycles. The first kappa shape index (κ1) is 21.0. The molecule has 5 amide bonds. The van der Waals surface area contributed by atoms with Crippen LogP contribution in [0.5, 0.6) is 0 Å². The summed E-state index contributed by atoms with van der Waals surface area (Å²) in [6.07, 6.45) is 0. The molecule has 0 radical (unpaired) electrons. The number of urea groups is 1. The maximum Gasteiger partial charge on any atom is 0.325 e. The Bertz CT molecular complexity index is 1040. The average Bonchev–Trinajstić information content (AvgIpc) is 2.93. The number of imide groups is 1. The fourth-order valence-corrected chi connectivity index (χ4v) is 3.24. The molecule has 2 aromatic carbocycles. The van der Waals surface area contributed by atoms with Crippen LogP contribution in [0.4, 0.5) is 14.9 Å². The van der Waals surface area contributed by atoms with Crippen LogP contribution in [0.1, 0.15) is 28.4 Å². The van der Waals surface area contributed by atoms with Gasteiger partial charge in [-0.1, -0.05) is 12.1 Å². The van der Waals surface area contributed by atoms with Gasteiger partial charge >= 0.3 is 6.03 Å². The summed E-state index contributed by atoms with van der Waals surface area (Å²) < 4.78 is 13.2. The van der Waals surface area contributed by atoms with Crippen molar-refractivity contribution in [2.24, 2.45) is 0 Å². The van der Waals surface area contributed by atoms with E-state index in [9.17, 15) is 23.6 Å². The summed E-state index contributed by atoms with van der Waals surface area (Å²) in [7, 11) is 1.52. The number of aryl methyl sites for hydroxylation is 1. The lowest BCUT2D eigenvalue weighted by molar-refractivity contribution is -0.133. The van der Waals surface area contributed by atoms with Crippen molar-refractivity contribution >= 4 is 29.4 Å². The number of hydrogen-bond acceptors (Lipinski definition) is 4. The molecule has 1 unspecified atom stereocenters. The van der Waals surface area contributed by atoms with Gasteiger partial charge in [-0.25, -0.2) is 9.18 Å². The van der Waals surface area contributed by atoms with Crippen LogP contribution in [0.3, 0.4) is 0 Å². The van der Waals surface area contributed by atoms with Crippen molar-refractivity contribution in [1.29, 1.82) is 0 Å². The lowest BCUT2D eigenvalue weighted by Crippen LogP contribution is -2.42. The zero-order chi connectivity index (χ0) is 22.1. The normalized spacial score (nSPS) is 18.2. The number of rotatable bonds is 5. The molecule has 1 fully saturated rings. The third kappa shape index (κ3) is 3.86. The molecule has 0 aromatic heterocycles. The van der Waals surface area contributed by atoms with Crippen molar-refractivity contribution in [3.8, 4) is 0 Å². The third-order valence-corrected chi connectivity index (χ3v) is 4.99. The maximum atomic E-state index is 13.2. The van der Waals surface area contributed by atoms with E-state index in [1.807, 2.05) is 0 Å². The van der Waals surface area contributed by atoms with Gasteiger partial charge in [0.15, 0.2) is 0 Å². The van der Waals surface area contributed by atoms with Crippen LogP contribution in [0, 0.1) is 12.7 Å². The Balaban J connectivity index is 1.72. The number of nitrogens with one attached hydrogen (secondary N) is 3. The fraction of sp³-hybridized carbons (Fsp3) is 0.238. The van der Waals surface area contributed by atoms with E-state index in [-0.39, 0.29) is 5.91 Å². The monoisotopic (exact) mass is 412 g/mol. The highest BCUT2D eigenvalue weighted by molar-refractivity contribution is 6.10. The average molecular weight is 412 g/mol. The van der Waals surface area contributed by atoms with Gasteiger partial charge in [-0.3, -0.25) is 19.3 Å². The highest BCUT2D eigenvalue weighted by atomic mass is 19.1. The van der Waals surface area contributed by atoms with Gasteiger partial charge in [0.25, 0.3) is 11.8 Å². The van der Waals surface area contributed by atoms with E-state index in [1.54, 1.807) is 25.1 Å². The van der Waals surface area contributed by atoms with Crippen LogP contribution >= 0.6 is 0 Å². The van der Waals surface area contributed by atoms with Crippen LogP contribution in [0.15, 0.2) is 42.5 Å². The predicted molar refractivity (Wildman–Crippen MR) is 107 cm³/mol. The van der Waals surface area contributed by atoms with Crippen molar-refractivity contribution in [3.63, 3.8) is 0 Å². The Morgan fingerprint density at radius 3 is 2.40 bits per heavy atom. The second-order valence-corrected chi connectivity index (χ2v) is 7.11. The second-order valence-electron chi connectivity index (χ2n) is 7.11. The van der Waals surface area contributed by atoms with Gasteiger partial charge in [-0.15, -0.1) is 0 Å². The van der Waals surface area contributed by atoms with Gasteiger partial charge in [-0.05, 0) is 55.3 Å². The largest absolute Gasteiger partial charge is 0.355 e. The fourth-order valence-electron chi connectivity index (χ4n) is 3.24. The summed E-state index contributed by atoms with van der Waals surface area (Å²) in [5.74, 6) is -1.90. The number of nitrogens with zero attached hydrogens (tertiary/aromatic N) is 1. The van der Waals surface area contributed by atoms with Crippen LogP contribution in [-0.2, 0) is 15.1 Å². The number of carbonyl (C=O) groups is 4. The topological polar surface area (TPSA) is 108 Å². The summed E-state index contributed by atoms with van der Waals surface area (Å²) in [6.45, 7) is 2.74. The zero-order valence-electron chi connectivity index (χ0n) is 16.7. The lowest BCUT2D eigenvalue weighted by Gasteiger charge is -2.22. The van der Waals surface area contributed by atoms with Gasteiger partial charge in [0.05, 0.1) is 0 Å². The number of amides is 5. The van der Waals surface area contributed by atoms with E-state index in [4.69, 9.17) is 0 Å². The first-order chi connectivity index (χ1) is 14.2. The second kappa shape index (κ2) is 7.94. The van der Waals surface area contributed by atoms with Crippen LogP contribution in [0.2, 0.25) is 0 Å². The smallest absolute Gasteiger partial charge is 0.325 e. The molecule has 1 heterocycles. The third-order valence-electron chi connectivity index (χ3n) is 4.99. The zero-order valence-corrected chi connectivity index (χ0v) is 16.7. The van der Waals surface area contributed by atoms with Gasteiger partial charge in [0, 0.05) is 18.3 Å². The van der Waals surface area contributed by atoms with E-state index >= 15 is 0 Å². The summed E-state index contributed by atoms with van der Waals surface area (Å²) in [5, 5.41) is 7.72. The highest BCUT2D eigenvalue weighted by Gasteiger charge is 2.49. The van der Waals surface area contributed by atoms with Crippen LogP contribution in [0.25, 0.3) is 0 Å². The predicted octanol–water partition coefficient (Wildman–Crippen LogP) is 1.90. The molecule has 2 aromatic rings. The molecule has 0 saturated carbocycles. The summed E-state index contributed by atoms with van der Waals surface area (Å²) in [6, 6.07) is 9.25. The molecule has 3 rings (SSSR count). The molecule has 0 bridgehead atoms. The SMILES string of the molecule is CNC(=O)c1ccc(NC(=O)CN2C(=O)NC(C)(c3ccc(F)cc3)C2=O)c(C)c1. The highest BCUT2D eigenvalue weighted by Crippen LogP contribution is 2.29.